The summed E-state index contributed by atoms with van der Waals surface area (Å²) in [5.74, 6) is 5.66. The molecule has 3 unspecified atom stereocenters. The molecule has 1 aliphatic carbocycles. The predicted molar refractivity (Wildman–Crippen MR) is 294 cm³/mol. The lowest BCUT2D eigenvalue weighted by molar-refractivity contribution is -0.132. The molecule has 0 saturated carbocycles. The molecule has 5 aromatic heterocycles. The molecule has 0 fully saturated rings. The first-order chi connectivity index (χ1) is 36.9. The zero-order chi connectivity index (χ0) is 50.7. The Labute approximate surface area is 453 Å². The summed E-state index contributed by atoms with van der Waals surface area (Å²) < 4.78 is 64.4. The molecule has 1 aromatic carbocycles. The van der Waals surface area contributed by atoms with Gasteiger partial charge in [0.05, 0.1) is 54.8 Å². The molecule has 1 N–H and O–H groups in total. The highest BCUT2D eigenvalue weighted by Crippen LogP contribution is 2.68. The summed E-state index contributed by atoms with van der Waals surface area (Å²) in [6.45, 7) is 9.24. The van der Waals surface area contributed by atoms with Crippen molar-refractivity contribution in [2.45, 2.75) is 58.4 Å². The van der Waals surface area contributed by atoms with Crippen molar-refractivity contribution in [3.63, 3.8) is 0 Å². The number of hydrogen-bond acceptors (Lipinski definition) is 18. The molecule has 19 heteroatoms. The third-order valence-corrected chi connectivity index (χ3v) is 20.9. The number of nitriles is 1. The number of carboxylic acid groups (broad SMARTS) is 1. The van der Waals surface area contributed by atoms with E-state index in [1.54, 1.807) is 28.7 Å². The maximum Gasteiger partial charge on any atom is 0.346 e. The second-order valence-corrected chi connectivity index (χ2v) is 24.1. The van der Waals surface area contributed by atoms with Crippen LogP contribution < -0.4 is 52.3 Å². The van der Waals surface area contributed by atoms with Crippen LogP contribution in [0.3, 0.4) is 0 Å². The Morgan fingerprint density at radius 1 is 0.640 bits per heavy atom. The van der Waals surface area contributed by atoms with Gasteiger partial charge in [0.15, 0.2) is 57.5 Å². The zero-order valence-corrected chi connectivity index (χ0v) is 45.3. The minimum atomic E-state index is -1.33. The number of carbonyl (C=O) groups is 1. The second kappa shape index (κ2) is 20.3. The van der Waals surface area contributed by atoms with Gasteiger partial charge in [-0.25, -0.2) is 4.79 Å². The normalized spacial score (nSPS) is 19.2. The van der Waals surface area contributed by atoms with Crippen molar-refractivity contribution >= 4 is 74.4 Å². The maximum atomic E-state index is 11.9. The molecule has 0 bridgehead atoms. The molecule has 14 nitrogen and oxygen atoms in total. The molecule has 3 atom stereocenters. The molecule has 75 heavy (non-hydrogen) atoms. The largest absolute Gasteiger partial charge is 0.485 e. The molecular weight excluding hydrogens is 1050 g/mol. The van der Waals surface area contributed by atoms with Crippen LogP contribution in [0.1, 0.15) is 56.4 Å². The molecular formula is C56H52N2O12S5. The van der Waals surface area contributed by atoms with Crippen LogP contribution in [-0.2, 0) is 11.2 Å². The maximum absolute atomic E-state index is 11.9. The molecule has 0 radical (unpaired) electrons. The number of benzene rings is 1. The first-order valence-electron chi connectivity index (χ1n) is 25.6. The van der Waals surface area contributed by atoms with Crippen molar-refractivity contribution in [1.82, 2.24) is 0 Å². The number of carboxylic acids is 1. The molecule has 6 aliphatic heterocycles. The number of allylic oxidation sites excluding steroid dienone is 2. The standard InChI is InChI=1S/C56H52N2O12S5/c1-3-5-8-29(4-2)28-58-34-10-7-6-9-30(34)11-12-31-25-32(13-14-35(31)58)47-39-40(64-18-17-63-39)50(72-47)51-43-44(68-22-21-67-43)54(74-51)55-46-45(69-23-24-70-46)53(75-55)52-42-41(65-19-20-66-42)49(73-52)48-38-37(61-15-16-62-38)36(71-48)26-33(27-57)56(59)60/h6-7,9-10,13-14,25-26,29-30,34H,3-5,8,11-12,15-24,28H2,1-2H3,(H,59,60)/b33-26+. The Bertz CT molecular complexity index is 3360. The monoisotopic (exact) mass is 1100 g/mol. The topological polar surface area (TPSA) is 157 Å². The lowest BCUT2D eigenvalue weighted by atomic mass is 9.89. The fourth-order valence-corrected chi connectivity index (χ4v) is 17.3. The fraction of sp³-hybridized carbons (Fsp3) is 0.393. The molecule has 388 valence electrons. The number of aliphatic carboxylic acids is 1. The van der Waals surface area contributed by atoms with E-state index in [-0.39, 0.29) is 6.61 Å². The van der Waals surface area contributed by atoms with Gasteiger partial charge in [0.1, 0.15) is 77.7 Å². The minimum absolute atomic E-state index is 0.275. The van der Waals surface area contributed by atoms with Crippen molar-refractivity contribution in [2.75, 3.05) is 77.5 Å². The number of unbranched alkanes of at least 4 members (excludes halogenated alkanes) is 1. The Hall–Kier alpha value is -6.30. The van der Waals surface area contributed by atoms with Crippen LogP contribution in [0.4, 0.5) is 5.69 Å². The van der Waals surface area contributed by atoms with E-state index in [0.717, 1.165) is 69.7 Å². The van der Waals surface area contributed by atoms with Crippen molar-refractivity contribution in [2.24, 2.45) is 11.8 Å². The Balaban J connectivity index is 0.904. The van der Waals surface area contributed by atoms with Gasteiger partial charge >= 0.3 is 5.97 Å². The summed E-state index contributed by atoms with van der Waals surface area (Å²) in [6, 6.07) is 9.14. The summed E-state index contributed by atoms with van der Waals surface area (Å²) in [5, 5.41) is 19.4. The lowest BCUT2D eigenvalue weighted by Crippen LogP contribution is -2.42. The van der Waals surface area contributed by atoms with Gasteiger partial charge in [0.25, 0.3) is 0 Å². The number of rotatable bonds is 13. The fourth-order valence-electron chi connectivity index (χ4n) is 10.9. The molecule has 0 spiro atoms. The van der Waals surface area contributed by atoms with Gasteiger partial charge < -0.3 is 57.4 Å². The number of fused-ring (bicyclic) bond motifs is 7. The van der Waals surface area contributed by atoms with E-state index in [9.17, 15) is 15.2 Å². The van der Waals surface area contributed by atoms with Gasteiger partial charge in [-0.2, -0.15) is 5.26 Å². The molecule has 0 saturated heterocycles. The SMILES string of the molecule is CCCCC(CC)CN1c2ccc(-c3sc(-c4sc(-c5sc(-c6sc(-c7sc(/C=C(\C#N)C(=O)O)c8c7OCCO8)c7c6OCCO7)c6c5OCCO6)c5c4OCCO5)c4c3OCCO4)cc2CCC2C=CC=CC21. The van der Waals surface area contributed by atoms with Crippen LogP contribution in [0.15, 0.2) is 48.1 Å². The van der Waals surface area contributed by atoms with Crippen molar-refractivity contribution in [3.05, 3.63) is 58.5 Å². The molecule has 0 amide bonds. The first kappa shape index (κ1) is 48.3. The molecule has 7 aliphatic rings. The van der Waals surface area contributed by atoms with Gasteiger partial charge in [-0.15, -0.1) is 56.7 Å². The Morgan fingerprint density at radius 2 is 1.08 bits per heavy atom. The van der Waals surface area contributed by atoms with Crippen LogP contribution in [0.5, 0.6) is 57.5 Å². The molecule has 6 aromatic rings. The number of ether oxygens (including phenoxy) is 10. The van der Waals surface area contributed by atoms with Gasteiger partial charge in [-0.3, -0.25) is 0 Å². The van der Waals surface area contributed by atoms with Crippen molar-refractivity contribution < 1.29 is 57.3 Å². The highest BCUT2D eigenvalue weighted by atomic mass is 32.1. The van der Waals surface area contributed by atoms with Crippen LogP contribution in [0.25, 0.3) is 55.5 Å². The quantitative estimate of drug-likeness (QED) is 0.0860. The average Bonchev–Trinajstić information content (AvgIpc) is 4.30. The van der Waals surface area contributed by atoms with E-state index in [1.165, 1.54) is 77.0 Å². The zero-order valence-electron chi connectivity index (χ0n) is 41.2. The number of anilines is 1. The highest BCUT2D eigenvalue weighted by Gasteiger charge is 2.40. The predicted octanol–water partition coefficient (Wildman–Crippen LogP) is 13.3. The minimum Gasteiger partial charge on any atom is -0.485 e. The third kappa shape index (κ3) is 8.47. The van der Waals surface area contributed by atoms with Crippen molar-refractivity contribution in [3.8, 4) is 113 Å². The number of nitrogens with zero attached hydrogens (tertiary/aromatic N) is 2. The third-order valence-electron chi connectivity index (χ3n) is 14.4. The average molecular weight is 1110 g/mol. The summed E-state index contributed by atoms with van der Waals surface area (Å²) in [4.78, 5) is 22.6. The van der Waals surface area contributed by atoms with Crippen LogP contribution in [-0.4, -0.2) is 89.7 Å². The number of aryl methyl sites for hydroxylation is 1. The summed E-state index contributed by atoms with van der Waals surface area (Å²) in [5.41, 5.74) is 3.39. The van der Waals surface area contributed by atoms with Crippen LogP contribution >= 0.6 is 56.7 Å². The second-order valence-electron chi connectivity index (χ2n) is 19.0. The smallest absolute Gasteiger partial charge is 0.346 e. The van der Waals surface area contributed by atoms with Gasteiger partial charge in [-0.1, -0.05) is 63.5 Å². The summed E-state index contributed by atoms with van der Waals surface area (Å²) in [7, 11) is 0. The Morgan fingerprint density at radius 3 is 1.55 bits per heavy atom. The Kier molecular flexibility index (Phi) is 13.1. The van der Waals surface area contributed by atoms with E-state index in [4.69, 9.17) is 47.4 Å². The van der Waals surface area contributed by atoms with E-state index in [0.29, 0.717) is 139 Å². The number of thiophene rings is 5. The van der Waals surface area contributed by atoms with E-state index >= 15 is 0 Å². The highest BCUT2D eigenvalue weighted by molar-refractivity contribution is 7.31. The van der Waals surface area contributed by atoms with E-state index < -0.39 is 11.5 Å². The van der Waals surface area contributed by atoms with E-state index in [2.05, 4.69) is 61.3 Å². The van der Waals surface area contributed by atoms with Crippen LogP contribution in [0.2, 0.25) is 0 Å². The number of hydrogen-bond donors (Lipinski definition) is 1. The molecule has 13 rings (SSSR count). The molecule has 11 heterocycles. The van der Waals surface area contributed by atoms with Gasteiger partial charge in [0.2, 0.25) is 0 Å². The summed E-state index contributed by atoms with van der Waals surface area (Å²) >= 11 is 7.50. The first-order valence-corrected chi connectivity index (χ1v) is 29.7. The lowest BCUT2D eigenvalue weighted by Gasteiger charge is -2.38. The van der Waals surface area contributed by atoms with Gasteiger partial charge in [-0.05, 0) is 54.5 Å². The summed E-state index contributed by atoms with van der Waals surface area (Å²) in [6.07, 6.45) is 17.5. The van der Waals surface area contributed by atoms with Crippen molar-refractivity contribution in [1.29, 1.82) is 5.26 Å². The van der Waals surface area contributed by atoms with E-state index in [1.807, 2.05) is 0 Å². The van der Waals surface area contributed by atoms with Crippen LogP contribution in [0, 0.1) is 23.2 Å². The van der Waals surface area contributed by atoms with Gasteiger partial charge in [0, 0.05) is 18.2 Å².